The quantitative estimate of drug-likeness (QED) is 0.874. The van der Waals surface area contributed by atoms with E-state index in [2.05, 4.69) is 5.32 Å². The number of urea groups is 1. The molecule has 1 saturated carbocycles. The van der Waals surface area contributed by atoms with E-state index in [4.69, 9.17) is 9.84 Å². The molecule has 1 aromatic rings. The molecule has 2 N–H and O–H groups in total. The van der Waals surface area contributed by atoms with Gasteiger partial charge < -0.3 is 20.1 Å². The van der Waals surface area contributed by atoms with E-state index in [0.717, 1.165) is 12.8 Å². The van der Waals surface area contributed by atoms with E-state index in [-0.39, 0.29) is 17.6 Å². The molecule has 0 heterocycles. The minimum absolute atomic E-state index is 0.101. The van der Waals surface area contributed by atoms with Crippen LogP contribution in [0.15, 0.2) is 18.2 Å². The van der Waals surface area contributed by atoms with Crippen molar-refractivity contribution >= 4 is 17.7 Å². The fraction of sp³-hybridized carbons (Fsp3) is 0.467. The number of rotatable bonds is 5. The molecule has 1 unspecified atom stereocenters. The average Bonchev–Trinajstić information content (AvgIpc) is 3.30. The third-order valence-corrected chi connectivity index (χ3v) is 3.92. The molecule has 114 valence electrons. The fourth-order valence-electron chi connectivity index (χ4n) is 2.22. The number of ether oxygens (including phenoxy) is 1. The number of carbonyl (C=O) groups excluding carboxylic acids is 1. The van der Waals surface area contributed by atoms with Crippen LogP contribution in [0.25, 0.3) is 0 Å². The molecular formula is C15H20N2O4. The molecule has 0 bridgehead atoms. The highest BCUT2D eigenvalue weighted by Gasteiger charge is 2.32. The van der Waals surface area contributed by atoms with E-state index < -0.39 is 5.97 Å². The van der Waals surface area contributed by atoms with Crippen LogP contribution in [0.1, 0.15) is 30.1 Å². The van der Waals surface area contributed by atoms with Crippen LogP contribution in [-0.4, -0.2) is 42.2 Å². The number of amides is 2. The average molecular weight is 292 g/mol. The molecule has 1 aliphatic rings. The molecule has 6 heteroatoms. The van der Waals surface area contributed by atoms with Crippen LogP contribution < -0.4 is 10.1 Å². The molecule has 2 amide bonds. The van der Waals surface area contributed by atoms with Crippen LogP contribution in [0, 0.1) is 5.92 Å². The largest absolute Gasteiger partial charge is 0.495 e. The number of carboxylic acid groups (broad SMARTS) is 1. The van der Waals surface area contributed by atoms with E-state index in [9.17, 15) is 9.59 Å². The lowest BCUT2D eigenvalue weighted by Crippen LogP contribution is -2.39. The highest BCUT2D eigenvalue weighted by molar-refractivity contribution is 5.94. The molecule has 0 saturated heterocycles. The first-order valence-electron chi connectivity index (χ1n) is 6.89. The van der Waals surface area contributed by atoms with Gasteiger partial charge in [-0.25, -0.2) is 9.59 Å². The van der Waals surface area contributed by atoms with Crippen LogP contribution in [0.3, 0.4) is 0 Å². The Morgan fingerprint density at radius 1 is 1.43 bits per heavy atom. The molecule has 1 fully saturated rings. The zero-order chi connectivity index (χ0) is 15.6. The van der Waals surface area contributed by atoms with Gasteiger partial charge in [-0.05, 0) is 43.9 Å². The second-order valence-electron chi connectivity index (χ2n) is 5.34. The number of carbonyl (C=O) groups is 2. The highest BCUT2D eigenvalue weighted by Crippen LogP contribution is 2.35. The normalized spacial score (nSPS) is 15.2. The standard InChI is InChI=1S/C15H20N2O4/c1-9(10-4-5-10)17(2)15(20)16-12-8-11(14(18)19)6-7-13(12)21-3/h6-10H,4-5H2,1-3H3,(H,16,20)(H,18,19). The van der Waals surface area contributed by atoms with Crippen molar-refractivity contribution < 1.29 is 19.4 Å². The summed E-state index contributed by atoms with van der Waals surface area (Å²) in [6, 6.07) is 4.26. The highest BCUT2D eigenvalue weighted by atomic mass is 16.5. The number of nitrogens with one attached hydrogen (secondary N) is 1. The van der Waals surface area contributed by atoms with Gasteiger partial charge in [-0.2, -0.15) is 0 Å². The number of carboxylic acids is 1. The molecular weight excluding hydrogens is 272 g/mol. The van der Waals surface area contributed by atoms with Gasteiger partial charge in [0.05, 0.1) is 18.4 Å². The van der Waals surface area contributed by atoms with Gasteiger partial charge in [-0.3, -0.25) is 0 Å². The summed E-state index contributed by atoms with van der Waals surface area (Å²) in [5.41, 5.74) is 0.459. The number of hydrogen-bond acceptors (Lipinski definition) is 3. The molecule has 0 aromatic heterocycles. The van der Waals surface area contributed by atoms with Crippen molar-refractivity contribution in [3.63, 3.8) is 0 Å². The number of hydrogen-bond donors (Lipinski definition) is 2. The lowest BCUT2D eigenvalue weighted by Gasteiger charge is -2.25. The van der Waals surface area contributed by atoms with Crippen molar-refractivity contribution in [2.75, 3.05) is 19.5 Å². The summed E-state index contributed by atoms with van der Waals surface area (Å²) in [4.78, 5) is 24.9. The smallest absolute Gasteiger partial charge is 0.335 e. The van der Waals surface area contributed by atoms with Crippen molar-refractivity contribution in [3.8, 4) is 5.75 Å². The number of aromatic carboxylic acids is 1. The Kier molecular flexibility index (Phi) is 4.35. The van der Waals surface area contributed by atoms with Gasteiger partial charge in [0.15, 0.2) is 0 Å². The van der Waals surface area contributed by atoms with Gasteiger partial charge in [-0.1, -0.05) is 0 Å². The molecule has 1 aromatic carbocycles. The molecule has 1 aliphatic carbocycles. The Labute approximate surface area is 123 Å². The summed E-state index contributed by atoms with van der Waals surface area (Å²) < 4.78 is 5.15. The predicted octanol–water partition coefficient (Wildman–Crippen LogP) is 2.66. The summed E-state index contributed by atoms with van der Waals surface area (Å²) >= 11 is 0. The lowest BCUT2D eigenvalue weighted by atomic mass is 10.2. The van der Waals surface area contributed by atoms with E-state index in [1.165, 1.54) is 25.3 Å². The number of nitrogens with zero attached hydrogens (tertiary/aromatic N) is 1. The van der Waals surface area contributed by atoms with Gasteiger partial charge in [0.1, 0.15) is 5.75 Å². The Morgan fingerprint density at radius 2 is 2.10 bits per heavy atom. The Bertz CT molecular complexity index is 555. The first-order chi connectivity index (χ1) is 9.93. The Balaban J connectivity index is 2.14. The maximum Gasteiger partial charge on any atom is 0.335 e. The molecule has 1 atom stereocenters. The molecule has 6 nitrogen and oxygen atoms in total. The molecule has 0 spiro atoms. The molecule has 0 aliphatic heterocycles. The van der Waals surface area contributed by atoms with Crippen LogP contribution in [0.2, 0.25) is 0 Å². The SMILES string of the molecule is COc1ccc(C(=O)O)cc1NC(=O)N(C)C(C)C1CC1. The van der Waals surface area contributed by atoms with Crippen LogP contribution in [0.4, 0.5) is 10.5 Å². The summed E-state index contributed by atoms with van der Waals surface area (Å²) in [5, 5.41) is 11.7. The third-order valence-electron chi connectivity index (χ3n) is 3.92. The minimum atomic E-state index is -1.05. The molecule has 21 heavy (non-hydrogen) atoms. The van der Waals surface area contributed by atoms with Crippen LogP contribution in [0.5, 0.6) is 5.75 Å². The number of benzene rings is 1. The topological polar surface area (TPSA) is 78.9 Å². The van der Waals surface area contributed by atoms with Gasteiger partial charge in [-0.15, -0.1) is 0 Å². The van der Waals surface area contributed by atoms with E-state index in [1.807, 2.05) is 6.92 Å². The molecule has 2 rings (SSSR count). The van der Waals surface area contributed by atoms with Crippen LogP contribution in [-0.2, 0) is 0 Å². The van der Waals surface area contributed by atoms with Gasteiger partial charge in [0.2, 0.25) is 0 Å². The van der Waals surface area contributed by atoms with Crippen molar-refractivity contribution in [2.45, 2.75) is 25.8 Å². The summed E-state index contributed by atoms with van der Waals surface area (Å²) in [6.45, 7) is 2.02. The zero-order valence-electron chi connectivity index (χ0n) is 12.4. The maximum absolute atomic E-state index is 12.2. The van der Waals surface area contributed by atoms with E-state index in [1.54, 1.807) is 11.9 Å². The van der Waals surface area contributed by atoms with E-state index in [0.29, 0.717) is 17.4 Å². The third kappa shape index (κ3) is 3.45. The van der Waals surface area contributed by atoms with Crippen molar-refractivity contribution in [2.24, 2.45) is 5.92 Å². The monoisotopic (exact) mass is 292 g/mol. The van der Waals surface area contributed by atoms with Crippen LogP contribution >= 0.6 is 0 Å². The minimum Gasteiger partial charge on any atom is -0.495 e. The Morgan fingerprint density at radius 3 is 2.62 bits per heavy atom. The first-order valence-corrected chi connectivity index (χ1v) is 6.89. The second-order valence-corrected chi connectivity index (χ2v) is 5.34. The second kappa shape index (κ2) is 6.03. The summed E-state index contributed by atoms with van der Waals surface area (Å²) in [7, 11) is 3.22. The van der Waals surface area contributed by atoms with Gasteiger partial charge in [0, 0.05) is 13.1 Å². The predicted molar refractivity (Wildman–Crippen MR) is 78.9 cm³/mol. The fourth-order valence-corrected chi connectivity index (χ4v) is 2.22. The lowest BCUT2D eigenvalue weighted by molar-refractivity contribution is 0.0697. The zero-order valence-corrected chi connectivity index (χ0v) is 12.4. The maximum atomic E-state index is 12.2. The van der Waals surface area contributed by atoms with Gasteiger partial charge in [0.25, 0.3) is 0 Å². The van der Waals surface area contributed by atoms with Crippen molar-refractivity contribution in [3.05, 3.63) is 23.8 Å². The summed E-state index contributed by atoms with van der Waals surface area (Å²) in [5.74, 6) is -0.0540. The first kappa shape index (κ1) is 15.2. The van der Waals surface area contributed by atoms with E-state index >= 15 is 0 Å². The number of anilines is 1. The van der Waals surface area contributed by atoms with Crippen molar-refractivity contribution in [1.82, 2.24) is 4.90 Å². The Hall–Kier alpha value is -2.24. The summed E-state index contributed by atoms with van der Waals surface area (Å²) in [6.07, 6.45) is 2.30. The van der Waals surface area contributed by atoms with Gasteiger partial charge >= 0.3 is 12.0 Å². The van der Waals surface area contributed by atoms with Crippen molar-refractivity contribution in [1.29, 1.82) is 0 Å². The number of methoxy groups -OCH3 is 1. The molecule has 0 radical (unpaired) electrons.